The monoisotopic (exact) mass is 375 g/mol. The maximum Gasteiger partial charge on any atom is 0.416 e. The molecular formula is C15H12F3N9. The highest BCUT2D eigenvalue weighted by atomic mass is 19.4. The molecule has 3 heterocycles. The number of nitrogens with one attached hydrogen (secondary N) is 1. The van der Waals surface area contributed by atoms with Crippen molar-refractivity contribution >= 4 is 28.7 Å². The summed E-state index contributed by atoms with van der Waals surface area (Å²) in [6, 6.07) is 4.86. The summed E-state index contributed by atoms with van der Waals surface area (Å²) in [5, 5.41) is 10.9. The highest BCUT2D eigenvalue weighted by Crippen LogP contribution is 2.33. The lowest BCUT2D eigenvalue weighted by atomic mass is 10.1. The molecule has 1 aromatic carbocycles. The predicted molar refractivity (Wildman–Crippen MR) is 91.5 cm³/mol. The first-order chi connectivity index (χ1) is 12.8. The van der Waals surface area contributed by atoms with Crippen LogP contribution in [0.15, 0.2) is 43.1 Å². The highest BCUT2D eigenvalue weighted by Gasteiger charge is 2.31. The van der Waals surface area contributed by atoms with Crippen molar-refractivity contribution in [1.82, 2.24) is 29.4 Å². The molecule has 12 heteroatoms. The van der Waals surface area contributed by atoms with Crippen LogP contribution in [0.25, 0.3) is 11.3 Å². The largest absolute Gasteiger partial charge is 0.416 e. The SMILES string of the molecule is Nc1cc(Nc2cc(-n3cncn3)cc(C(F)(F)F)c2)nn2c(N)cnc12. The van der Waals surface area contributed by atoms with Crippen LogP contribution in [-0.4, -0.2) is 29.4 Å². The Morgan fingerprint density at radius 3 is 2.59 bits per heavy atom. The van der Waals surface area contributed by atoms with Gasteiger partial charge in [-0.05, 0) is 18.2 Å². The van der Waals surface area contributed by atoms with E-state index in [0.29, 0.717) is 5.65 Å². The smallest absolute Gasteiger partial charge is 0.396 e. The predicted octanol–water partition coefficient (Wildman–Crippen LogP) is 2.24. The van der Waals surface area contributed by atoms with Gasteiger partial charge in [0.05, 0.1) is 23.1 Å². The van der Waals surface area contributed by atoms with E-state index in [-0.39, 0.29) is 28.7 Å². The average molecular weight is 375 g/mol. The van der Waals surface area contributed by atoms with E-state index in [1.54, 1.807) is 0 Å². The molecule has 0 bridgehead atoms. The molecule has 0 aliphatic rings. The van der Waals surface area contributed by atoms with Crippen LogP contribution in [0.5, 0.6) is 0 Å². The van der Waals surface area contributed by atoms with Gasteiger partial charge in [0, 0.05) is 11.8 Å². The first-order valence-electron chi connectivity index (χ1n) is 7.55. The van der Waals surface area contributed by atoms with Crippen molar-refractivity contribution in [2.45, 2.75) is 6.18 Å². The van der Waals surface area contributed by atoms with Crippen molar-refractivity contribution < 1.29 is 13.2 Å². The number of anilines is 4. The number of hydrogen-bond acceptors (Lipinski definition) is 7. The third-order valence-electron chi connectivity index (χ3n) is 3.72. The standard InChI is InChI=1S/C15H12F3N9/c16-15(17,18)8-1-9(3-10(2-8)26-7-21-6-23-26)24-13-4-11(19)14-22-5-12(20)27(14)25-13/h1-7H,19-20H2,(H,24,25). The zero-order chi connectivity index (χ0) is 19.2. The van der Waals surface area contributed by atoms with Gasteiger partial charge in [-0.1, -0.05) is 0 Å². The minimum absolute atomic E-state index is 0.139. The van der Waals surface area contributed by atoms with Gasteiger partial charge in [0.2, 0.25) is 0 Å². The van der Waals surface area contributed by atoms with E-state index >= 15 is 0 Å². The number of nitrogens with zero attached hydrogens (tertiary/aromatic N) is 6. The van der Waals surface area contributed by atoms with Crippen molar-refractivity contribution in [1.29, 1.82) is 0 Å². The Kier molecular flexibility index (Phi) is 3.61. The van der Waals surface area contributed by atoms with Crippen molar-refractivity contribution in [3.63, 3.8) is 0 Å². The van der Waals surface area contributed by atoms with Crippen molar-refractivity contribution in [3.05, 3.63) is 48.7 Å². The molecule has 0 saturated carbocycles. The van der Waals surface area contributed by atoms with Gasteiger partial charge in [0.25, 0.3) is 0 Å². The van der Waals surface area contributed by atoms with E-state index in [2.05, 4.69) is 25.5 Å². The number of nitrogen functional groups attached to an aromatic ring is 2. The number of alkyl halides is 3. The molecule has 0 radical (unpaired) electrons. The Bertz CT molecular complexity index is 1120. The van der Waals surface area contributed by atoms with Crippen LogP contribution >= 0.6 is 0 Å². The van der Waals surface area contributed by atoms with E-state index in [4.69, 9.17) is 11.5 Å². The Balaban J connectivity index is 1.79. The lowest BCUT2D eigenvalue weighted by Gasteiger charge is -2.13. The zero-order valence-electron chi connectivity index (χ0n) is 13.5. The van der Waals surface area contributed by atoms with Gasteiger partial charge in [0.15, 0.2) is 11.5 Å². The molecule has 0 spiro atoms. The molecule has 5 N–H and O–H groups in total. The van der Waals surface area contributed by atoms with Crippen LogP contribution in [0.2, 0.25) is 0 Å². The van der Waals surface area contributed by atoms with E-state index < -0.39 is 11.7 Å². The summed E-state index contributed by atoms with van der Waals surface area (Å²) in [5.74, 6) is 0.446. The normalized spacial score (nSPS) is 11.8. The molecule has 3 aromatic heterocycles. The number of halogens is 3. The Labute approximate surface area is 149 Å². The van der Waals surface area contributed by atoms with Gasteiger partial charge in [-0.15, -0.1) is 5.10 Å². The number of imidazole rings is 1. The fraction of sp³-hybridized carbons (Fsp3) is 0.0667. The molecule has 0 saturated heterocycles. The molecule has 4 aromatic rings. The van der Waals surface area contributed by atoms with Crippen molar-refractivity contribution in [2.24, 2.45) is 0 Å². The average Bonchev–Trinajstić information content (AvgIpc) is 3.25. The topological polar surface area (TPSA) is 125 Å². The molecule has 138 valence electrons. The van der Waals surface area contributed by atoms with Crippen LogP contribution in [0.1, 0.15) is 5.56 Å². The molecule has 0 unspecified atom stereocenters. The second kappa shape index (κ2) is 5.86. The minimum Gasteiger partial charge on any atom is -0.396 e. The second-order valence-corrected chi connectivity index (χ2v) is 5.63. The van der Waals surface area contributed by atoms with Crippen molar-refractivity contribution in [3.8, 4) is 5.69 Å². The summed E-state index contributed by atoms with van der Waals surface area (Å²) < 4.78 is 42.3. The number of hydrogen-bond donors (Lipinski definition) is 3. The summed E-state index contributed by atoms with van der Waals surface area (Å²) in [6.07, 6.45) is -0.632. The molecule has 4 rings (SSSR count). The van der Waals surface area contributed by atoms with Crippen molar-refractivity contribution in [2.75, 3.05) is 16.8 Å². The van der Waals surface area contributed by atoms with Gasteiger partial charge < -0.3 is 16.8 Å². The van der Waals surface area contributed by atoms with E-state index in [1.165, 1.54) is 40.2 Å². The number of rotatable bonds is 3. The fourth-order valence-corrected chi connectivity index (χ4v) is 2.54. The summed E-state index contributed by atoms with van der Waals surface area (Å²) in [4.78, 5) is 7.77. The van der Waals surface area contributed by atoms with Crippen LogP contribution in [0.3, 0.4) is 0 Å². The highest BCUT2D eigenvalue weighted by molar-refractivity contribution is 5.72. The third kappa shape index (κ3) is 3.07. The minimum atomic E-state index is -4.54. The quantitative estimate of drug-likeness (QED) is 0.501. The molecule has 0 fully saturated rings. The second-order valence-electron chi connectivity index (χ2n) is 5.63. The van der Waals surface area contributed by atoms with Crippen LogP contribution in [0, 0.1) is 0 Å². The van der Waals surface area contributed by atoms with Gasteiger partial charge in [-0.2, -0.15) is 22.8 Å². The summed E-state index contributed by atoms with van der Waals surface area (Å²) >= 11 is 0. The van der Waals surface area contributed by atoms with Gasteiger partial charge in [-0.3, -0.25) is 0 Å². The van der Waals surface area contributed by atoms with E-state index in [1.807, 2.05) is 0 Å². The summed E-state index contributed by atoms with van der Waals surface area (Å²) in [7, 11) is 0. The molecule has 0 atom stereocenters. The molecule has 27 heavy (non-hydrogen) atoms. The molecule has 9 nitrogen and oxygen atoms in total. The van der Waals surface area contributed by atoms with Gasteiger partial charge >= 0.3 is 6.18 Å². The first-order valence-corrected chi connectivity index (χ1v) is 7.55. The summed E-state index contributed by atoms with van der Waals surface area (Å²) in [5.41, 5.74) is 11.8. The Hall–Kier alpha value is -3.83. The van der Waals surface area contributed by atoms with E-state index in [9.17, 15) is 13.2 Å². The lowest BCUT2D eigenvalue weighted by Crippen LogP contribution is -2.09. The van der Waals surface area contributed by atoms with Crippen LogP contribution in [0.4, 0.5) is 36.2 Å². The number of benzene rings is 1. The zero-order valence-corrected chi connectivity index (χ0v) is 13.5. The third-order valence-corrected chi connectivity index (χ3v) is 3.72. The molecule has 0 aliphatic carbocycles. The van der Waals surface area contributed by atoms with Crippen LogP contribution < -0.4 is 16.8 Å². The fourth-order valence-electron chi connectivity index (χ4n) is 2.54. The Morgan fingerprint density at radius 1 is 1.07 bits per heavy atom. The molecule has 0 amide bonds. The number of aromatic nitrogens is 6. The van der Waals surface area contributed by atoms with Gasteiger partial charge in [-0.25, -0.2) is 14.6 Å². The number of nitrogens with two attached hydrogens (primary N) is 2. The van der Waals surface area contributed by atoms with Crippen LogP contribution in [-0.2, 0) is 6.18 Å². The Morgan fingerprint density at radius 2 is 1.89 bits per heavy atom. The summed E-state index contributed by atoms with van der Waals surface area (Å²) in [6.45, 7) is 0. The van der Waals surface area contributed by atoms with E-state index in [0.717, 1.165) is 12.1 Å². The van der Waals surface area contributed by atoms with Gasteiger partial charge in [0.1, 0.15) is 18.5 Å². The maximum atomic E-state index is 13.3. The first kappa shape index (κ1) is 16.6. The lowest BCUT2D eigenvalue weighted by molar-refractivity contribution is -0.137. The number of fused-ring (bicyclic) bond motifs is 1. The maximum absolute atomic E-state index is 13.3. The molecular weight excluding hydrogens is 363 g/mol. The molecule has 0 aliphatic heterocycles.